The lowest BCUT2D eigenvalue weighted by atomic mass is 10.1. The van der Waals surface area contributed by atoms with Crippen LogP contribution < -0.4 is 15.4 Å². The van der Waals surface area contributed by atoms with E-state index in [4.69, 9.17) is 23.4 Å². The Bertz CT molecular complexity index is 1660. The number of nitrogens with one attached hydrogen (secondary N) is 2. The lowest BCUT2D eigenvalue weighted by molar-refractivity contribution is -0.119. The van der Waals surface area contributed by atoms with Crippen LogP contribution in [0, 0.1) is 30.9 Å². The predicted octanol–water partition coefficient (Wildman–Crippen LogP) is 5.99. The molecular weight excluding hydrogens is 552 g/mol. The van der Waals surface area contributed by atoms with Crippen molar-refractivity contribution >= 4 is 45.6 Å². The Kier molecular flexibility index (Phi) is 8.93. The van der Waals surface area contributed by atoms with Crippen molar-refractivity contribution in [2.75, 3.05) is 5.32 Å². The van der Waals surface area contributed by atoms with Crippen LogP contribution in [0.4, 0.5) is 14.5 Å². The number of carbonyl (C=O) groups excluding carboxylic acids is 1. The molecule has 2 aromatic heterocycles. The van der Waals surface area contributed by atoms with Crippen molar-refractivity contribution in [1.82, 2.24) is 19.9 Å². The smallest absolute Gasteiger partial charge is 0.230 e. The topological polar surface area (TPSA) is 81.1 Å². The second-order valence-corrected chi connectivity index (χ2v) is 10.0. The SMILES string of the molecule is C#Cc1ccc(CC(=O)NC(=S)Nc2ccc(Oc3ccnc(C)c3SC(=C)c3nccn3C)c(F)c2)cc1F. The number of nitrogens with zero attached hydrogens (tertiary/aromatic N) is 3. The van der Waals surface area contributed by atoms with Crippen LogP contribution in [0.2, 0.25) is 0 Å². The van der Waals surface area contributed by atoms with Gasteiger partial charge in [-0.25, -0.2) is 13.8 Å². The largest absolute Gasteiger partial charge is 0.453 e. The number of imidazole rings is 1. The van der Waals surface area contributed by atoms with Gasteiger partial charge in [0.2, 0.25) is 5.91 Å². The molecule has 202 valence electrons. The summed E-state index contributed by atoms with van der Waals surface area (Å²) in [6.07, 6.45) is 10.2. The molecule has 0 saturated carbocycles. The molecular formula is C29H23F2N5O2S2. The lowest BCUT2D eigenvalue weighted by Crippen LogP contribution is -2.35. The standard InChI is InChI=1S/C29H23F2N5O2S2/c1-5-20-7-6-19(14-22(20)30)15-26(37)35-29(39)34-21-8-9-24(23(31)16-21)38-25-10-11-32-17(2)27(25)40-18(3)28-33-12-13-36(28)4/h1,6-14,16H,3,15H2,2,4H3,(H2,34,35,37,39). The number of rotatable bonds is 8. The maximum atomic E-state index is 15.0. The summed E-state index contributed by atoms with van der Waals surface area (Å²) >= 11 is 6.49. The zero-order valence-electron chi connectivity index (χ0n) is 21.5. The summed E-state index contributed by atoms with van der Waals surface area (Å²) in [5, 5.41) is 5.20. The molecule has 7 nitrogen and oxygen atoms in total. The highest BCUT2D eigenvalue weighted by atomic mass is 32.2. The summed E-state index contributed by atoms with van der Waals surface area (Å²) in [5.41, 5.74) is 1.52. The summed E-state index contributed by atoms with van der Waals surface area (Å²) in [5.74, 6) is 1.58. The molecule has 4 aromatic rings. The average molecular weight is 576 g/mol. The molecule has 0 atom stereocenters. The van der Waals surface area contributed by atoms with E-state index in [1.54, 1.807) is 30.6 Å². The van der Waals surface area contributed by atoms with Crippen molar-refractivity contribution in [3.05, 3.63) is 102 Å². The van der Waals surface area contributed by atoms with Gasteiger partial charge in [0.15, 0.2) is 16.7 Å². The van der Waals surface area contributed by atoms with Gasteiger partial charge in [0.25, 0.3) is 0 Å². The second-order valence-electron chi connectivity index (χ2n) is 8.50. The van der Waals surface area contributed by atoms with Crippen molar-refractivity contribution in [3.63, 3.8) is 0 Å². The second kappa shape index (κ2) is 12.5. The van der Waals surface area contributed by atoms with Crippen LogP contribution in [-0.4, -0.2) is 25.6 Å². The van der Waals surface area contributed by atoms with Gasteiger partial charge in [-0.15, -0.1) is 6.42 Å². The van der Waals surface area contributed by atoms with Gasteiger partial charge < -0.3 is 19.9 Å². The summed E-state index contributed by atoms with van der Waals surface area (Å²) < 4.78 is 36.6. The molecule has 11 heteroatoms. The molecule has 0 radical (unpaired) electrons. The molecule has 0 aliphatic rings. The Labute approximate surface area is 239 Å². The van der Waals surface area contributed by atoms with Crippen molar-refractivity contribution in [2.45, 2.75) is 18.2 Å². The maximum Gasteiger partial charge on any atom is 0.230 e. The van der Waals surface area contributed by atoms with E-state index >= 15 is 4.39 Å². The fraction of sp³-hybridized carbons (Fsp3) is 0.103. The first-order chi connectivity index (χ1) is 19.1. The Morgan fingerprint density at radius 2 is 1.95 bits per heavy atom. The molecule has 1 amide bonds. The van der Waals surface area contributed by atoms with Crippen LogP contribution in [0.5, 0.6) is 11.5 Å². The average Bonchev–Trinajstić information content (AvgIpc) is 3.33. The zero-order valence-corrected chi connectivity index (χ0v) is 23.1. The quantitative estimate of drug-likeness (QED) is 0.152. The third kappa shape index (κ3) is 6.91. The van der Waals surface area contributed by atoms with Gasteiger partial charge in [-0.2, -0.15) is 0 Å². The van der Waals surface area contributed by atoms with Crippen LogP contribution in [0.15, 0.2) is 72.5 Å². The van der Waals surface area contributed by atoms with Gasteiger partial charge in [-0.1, -0.05) is 30.3 Å². The first-order valence-corrected chi connectivity index (χ1v) is 13.0. The molecule has 2 aromatic carbocycles. The third-order valence-corrected chi connectivity index (χ3v) is 6.89. The van der Waals surface area contributed by atoms with Crippen LogP contribution >= 0.6 is 24.0 Å². The molecule has 2 heterocycles. The van der Waals surface area contributed by atoms with Gasteiger partial charge in [-0.3, -0.25) is 9.78 Å². The van der Waals surface area contributed by atoms with Gasteiger partial charge in [0.05, 0.1) is 22.6 Å². The maximum absolute atomic E-state index is 15.0. The van der Waals surface area contributed by atoms with Crippen LogP contribution in [-0.2, 0) is 18.3 Å². The lowest BCUT2D eigenvalue weighted by Gasteiger charge is -2.15. The Hall–Kier alpha value is -4.53. The number of terminal acetylenes is 1. The normalized spacial score (nSPS) is 10.5. The fourth-order valence-electron chi connectivity index (χ4n) is 3.62. The number of thiocarbonyl (C=S) groups is 1. The van der Waals surface area contributed by atoms with E-state index in [0.29, 0.717) is 38.3 Å². The van der Waals surface area contributed by atoms with Crippen molar-refractivity contribution in [2.24, 2.45) is 7.05 Å². The highest BCUT2D eigenvalue weighted by Gasteiger charge is 2.17. The molecule has 40 heavy (non-hydrogen) atoms. The monoisotopic (exact) mass is 575 g/mol. The summed E-state index contributed by atoms with van der Waals surface area (Å²) in [7, 11) is 1.87. The van der Waals surface area contributed by atoms with E-state index in [1.165, 1.54) is 36.0 Å². The minimum Gasteiger partial charge on any atom is -0.453 e. The molecule has 4 rings (SSSR count). The van der Waals surface area contributed by atoms with E-state index in [9.17, 15) is 9.18 Å². The van der Waals surface area contributed by atoms with E-state index < -0.39 is 17.5 Å². The van der Waals surface area contributed by atoms with Crippen molar-refractivity contribution < 1.29 is 18.3 Å². The number of hydrogen-bond donors (Lipinski definition) is 2. The number of carbonyl (C=O) groups is 1. The predicted molar refractivity (Wildman–Crippen MR) is 156 cm³/mol. The number of aromatic nitrogens is 3. The first kappa shape index (κ1) is 28.5. The van der Waals surface area contributed by atoms with E-state index in [-0.39, 0.29) is 22.8 Å². The van der Waals surface area contributed by atoms with Gasteiger partial charge in [-0.05, 0) is 49.0 Å². The summed E-state index contributed by atoms with van der Waals surface area (Å²) in [6, 6.07) is 10.0. The Morgan fingerprint density at radius 1 is 1.15 bits per heavy atom. The fourth-order valence-corrected chi connectivity index (χ4v) is 4.80. The van der Waals surface area contributed by atoms with Crippen LogP contribution in [0.3, 0.4) is 0 Å². The number of anilines is 1. The number of hydrogen-bond acceptors (Lipinski definition) is 6. The number of benzene rings is 2. The van der Waals surface area contributed by atoms with Gasteiger partial charge in [0, 0.05) is 48.4 Å². The summed E-state index contributed by atoms with van der Waals surface area (Å²) in [4.78, 5) is 22.3. The van der Waals surface area contributed by atoms with Crippen molar-refractivity contribution in [3.8, 4) is 23.8 Å². The minimum absolute atomic E-state index is 0.0204. The Balaban J connectivity index is 1.40. The molecule has 0 aliphatic carbocycles. The van der Waals surface area contributed by atoms with E-state index in [1.807, 2.05) is 24.7 Å². The molecule has 2 N–H and O–H groups in total. The number of aryl methyl sites for hydroxylation is 2. The zero-order chi connectivity index (χ0) is 28.8. The van der Waals surface area contributed by atoms with Crippen molar-refractivity contribution in [1.29, 1.82) is 0 Å². The van der Waals surface area contributed by atoms with Crippen LogP contribution in [0.25, 0.3) is 4.91 Å². The number of halogens is 2. The number of pyridine rings is 1. The molecule has 0 unspecified atom stereocenters. The minimum atomic E-state index is -0.656. The van der Waals surface area contributed by atoms with Gasteiger partial charge in [0.1, 0.15) is 17.4 Å². The Morgan fingerprint density at radius 3 is 2.62 bits per heavy atom. The molecule has 0 fully saturated rings. The molecule has 0 saturated heterocycles. The highest BCUT2D eigenvalue weighted by Crippen LogP contribution is 2.41. The summed E-state index contributed by atoms with van der Waals surface area (Å²) in [6.45, 7) is 5.92. The molecule has 0 aliphatic heterocycles. The number of amides is 1. The number of thioether (sulfide) groups is 1. The number of ether oxygens (including phenoxy) is 1. The third-order valence-electron chi connectivity index (χ3n) is 5.56. The van der Waals surface area contributed by atoms with E-state index in [0.717, 1.165) is 0 Å². The van der Waals surface area contributed by atoms with E-state index in [2.05, 4.69) is 33.1 Å². The van der Waals surface area contributed by atoms with Crippen LogP contribution in [0.1, 0.15) is 22.6 Å². The first-order valence-electron chi connectivity index (χ1n) is 11.8. The molecule has 0 spiro atoms. The van der Waals surface area contributed by atoms with Gasteiger partial charge >= 0.3 is 0 Å². The molecule has 0 bridgehead atoms. The highest BCUT2D eigenvalue weighted by molar-refractivity contribution is 8.08.